The first-order valence-electron chi connectivity index (χ1n) is 4.50. The van der Waals surface area contributed by atoms with Gasteiger partial charge in [0, 0.05) is 5.70 Å². The van der Waals surface area contributed by atoms with Gasteiger partial charge < -0.3 is 21.3 Å². The van der Waals surface area contributed by atoms with Gasteiger partial charge in [0.25, 0.3) is 0 Å². The fourth-order valence-electron chi connectivity index (χ4n) is 0.893. The lowest BCUT2D eigenvalue weighted by Crippen LogP contribution is -2.34. The first-order valence-corrected chi connectivity index (χ1v) is 4.50. The lowest BCUT2D eigenvalue weighted by Gasteiger charge is -2.14. The van der Waals surface area contributed by atoms with Crippen molar-refractivity contribution in [1.82, 2.24) is 5.32 Å². The largest absolute Gasteiger partial charge is 0.480 e. The molecule has 6 heteroatoms. The Labute approximate surface area is 87.8 Å². The summed E-state index contributed by atoms with van der Waals surface area (Å²) in [6.45, 7) is 5.06. The number of rotatable bonds is 7. The van der Waals surface area contributed by atoms with Crippen molar-refractivity contribution in [3.8, 4) is 0 Å². The molecule has 0 aliphatic heterocycles. The molecule has 0 amide bonds. The normalized spacial score (nSPS) is 14.0. The second kappa shape index (κ2) is 6.02. The number of hydrogen-bond donors (Lipinski definition) is 4. The van der Waals surface area contributed by atoms with Gasteiger partial charge in [0.2, 0.25) is 0 Å². The average Bonchev–Trinajstić information content (AvgIpc) is 2.13. The second-order valence-electron chi connectivity index (χ2n) is 3.29. The minimum absolute atomic E-state index is 0.230. The fourth-order valence-corrected chi connectivity index (χ4v) is 0.893. The molecule has 0 aromatic rings. The third-order valence-corrected chi connectivity index (χ3v) is 1.87. The van der Waals surface area contributed by atoms with E-state index in [2.05, 4.69) is 11.9 Å². The maximum absolute atomic E-state index is 10.5. The van der Waals surface area contributed by atoms with Crippen molar-refractivity contribution < 1.29 is 19.8 Å². The zero-order chi connectivity index (χ0) is 12.0. The van der Waals surface area contributed by atoms with Crippen molar-refractivity contribution in [3.05, 3.63) is 12.3 Å². The van der Waals surface area contributed by atoms with E-state index in [9.17, 15) is 9.59 Å². The Morgan fingerprint density at radius 1 is 1.40 bits per heavy atom. The summed E-state index contributed by atoms with van der Waals surface area (Å²) in [6, 6.07) is -1.68. The summed E-state index contributed by atoms with van der Waals surface area (Å²) in [6.07, 6.45) is 0.568. The Hall–Kier alpha value is -1.56. The Kier molecular flexibility index (Phi) is 5.40. The van der Waals surface area contributed by atoms with E-state index < -0.39 is 24.0 Å². The molecule has 0 spiro atoms. The average molecular weight is 216 g/mol. The molecular weight excluding hydrogens is 200 g/mol. The fraction of sp³-hybridized carbons (Fsp3) is 0.556. The summed E-state index contributed by atoms with van der Waals surface area (Å²) in [4.78, 5) is 20.8. The van der Waals surface area contributed by atoms with E-state index in [0.29, 0.717) is 12.1 Å². The maximum atomic E-state index is 10.5. The molecule has 15 heavy (non-hydrogen) atoms. The van der Waals surface area contributed by atoms with Crippen LogP contribution in [0.2, 0.25) is 0 Å². The topological polar surface area (TPSA) is 113 Å². The van der Waals surface area contributed by atoms with Crippen molar-refractivity contribution in [1.29, 1.82) is 0 Å². The first-order chi connectivity index (χ1) is 6.84. The van der Waals surface area contributed by atoms with Crippen LogP contribution in [0.4, 0.5) is 0 Å². The molecule has 0 saturated carbocycles. The molecule has 0 fully saturated rings. The minimum atomic E-state index is -1.07. The Balaban J connectivity index is 3.85. The molecule has 0 saturated heterocycles. The Morgan fingerprint density at radius 2 is 1.93 bits per heavy atom. The molecule has 0 rings (SSSR count). The molecular formula is C9H16N2O4. The van der Waals surface area contributed by atoms with Gasteiger partial charge in [0.1, 0.15) is 12.1 Å². The van der Waals surface area contributed by atoms with Crippen molar-refractivity contribution in [2.75, 3.05) is 0 Å². The van der Waals surface area contributed by atoms with Gasteiger partial charge in [0.15, 0.2) is 0 Å². The highest BCUT2D eigenvalue weighted by atomic mass is 16.4. The van der Waals surface area contributed by atoms with Crippen LogP contribution in [-0.4, -0.2) is 34.2 Å². The van der Waals surface area contributed by atoms with Gasteiger partial charge in [-0.2, -0.15) is 0 Å². The summed E-state index contributed by atoms with van der Waals surface area (Å²) in [5.41, 5.74) is 5.74. The van der Waals surface area contributed by atoms with Crippen LogP contribution >= 0.6 is 0 Å². The van der Waals surface area contributed by atoms with Crippen LogP contribution in [0.15, 0.2) is 12.3 Å². The van der Waals surface area contributed by atoms with E-state index in [1.807, 2.05) is 0 Å². The number of aliphatic carboxylic acids is 2. The molecule has 6 nitrogen and oxygen atoms in total. The molecule has 2 atom stereocenters. The van der Waals surface area contributed by atoms with Crippen LogP contribution in [-0.2, 0) is 9.59 Å². The molecule has 86 valence electrons. The molecule has 0 bridgehead atoms. The van der Waals surface area contributed by atoms with Gasteiger partial charge in [-0.1, -0.05) is 6.58 Å². The SMILES string of the molecule is C=C(CC[C@H](N)C(=O)O)N[C@H](C)C(=O)O. The first kappa shape index (κ1) is 13.4. The van der Waals surface area contributed by atoms with E-state index in [1.54, 1.807) is 0 Å². The van der Waals surface area contributed by atoms with Crippen molar-refractivity contribution in [3.63, 3.8) is 0 Å². The summed E-state index contributed by atoms with van der Waals surface area (Å²) >= 11 is 0. The van der Waals surface area contributed by atoms with E-state index >= 15 is 0 Å². The van der Waals surface area contributed by atoms with E-state index in [-0.39, 0.29) is 6.42 Å². The van der Waals surface area contributed by atoms with Crippen LogP contribution in [0, 0.1) is 0 Å². The molecule has 0 aliphatic carbocycles. The molecule has 0 aromatic carbocycles. The smallest absolute Gasteiger partial charge is 0.325 e. The summed E-state index contributed by atoms with van der Waals surface area (Å²) in [5.74, 6) is -2.06. The van der Waals surface area contributed by atoms with Crippen LogP contribution < -0.4 is 11.1 Å². The van der Waals surface area contributed by atoms with E-state index in [4.69, 9.17) is 15.9 Å². The summed E-state index contributed by atoms with van der Waals surface area (Å²) < 4.78 is 0. The number of allylic oxidation sites excluding steroid dienone is 1. The highest BCUT2D eigenvalue weighted by Crippen LogP contribution is 2.03. The van der Waals surface area contributed by atoms with E-state index in [1.165, 1.54) is 6.92 Å². The molecule has 5 N–H and O–H groups in total. The molecule has 0 aromatic heterocycles. The standard InChI is InChI=1S/C9H16N2O4/c1-5(11-6(2)8(12)13)3-4-7(10)9(14)15/h6-7,11H,1,3-4,10H2,2H3,(H,12,13)(H,14,15)/t6-,7+/m1/s1. The minimum Gasteiger partial charge on any atom is -0.480 e. The van der Waals surface area contributed by atoms with Gasteiger partial charge in [-0.3, -0.25) is 9.59 Å². The monoisotopic (exact) mass is 216 g/mol. The highest BCUT2D eigenvalue weighted by molar-refractivity contribution is 5.73. The van der Waals surface area contributed by atoms with Crippen LogP contribution in [0.5, 0.6) is 0 Å². The second-order valence-corrected chi connectivity index (χ2v) is 3.29. The van der Waals surface area contributed by atoms with Crippen molar-refractivity contribution in [2.45, 2.75) is 31.8 Å². The van der Waals surface area contributed by atoms with Crippen LogP contribution in [0.1, 0.15) is 19.8 Å². The zero-order valence-electron chi connectivity index (χ0n) is 8.56. The van der Waals surface area contributed by atoms with Gasteiger partial charge in [0.05, 0.1) is 0 Å². The predicted octanol–water partition coefficient (Wildman–Crippen LogP) is -0.245. The number of carboxylic acid groups (broad SMARTS) is 2. The maximum Gasteiger partial charge on any atom is 0.325 e. The number of nitrogens with one attached hydrogen (secondary N) is 1. The Bertz CT molecular complexity index is 265. The van der Waals surface area contributed by atoms with E-state index in [0.717, 1.165) is 0 Å². The highest BCUT2D eigenvalue weighted by Gasteiger charge is 2.14. The summed E-state index contributed by atoms with van der Waals surface area (Å²) in [5, 5.41) is 19.7. The predicted molar refractivity (Wildman–Crippen MR) is 54.2 cm³/mol. The van der Waals surface area contributed by atoms with Crippen molar-refractivity contribution >= 4 is 11.9 Å². The quantitative estimate of drug-likeness (QED) is 0.467. The van der Waals surface area contributed by atoms with Crippen molar-refractivity contribution in [2.24, 2.45) is 5.73 Å². The van der Waals surface area contributed by atoms with Crippen LogP contribution in [0.25, 0.3) is 0 Å². The Morgan fingerprint density at radius 3 is 2.33 bits per heavy atom. The van der Waals surface area contributed by atoms with Crippen LogP contribution in [0.3, 0.4) is 0 Å². The summed E-state index contributed by atoms with van der Waals surface area (Å²) in [7, 11) is 0. The zero-order valence-corrected chi connectivity index (χ0v) is 8.56. The van der Waals surface area contributed by atoms with Gasteiger partial charge in [-0.25, -0.2) is 0 Å². The number of carbonyl (C=O) groups is 2. The molecule has 0 radical (unpaired) electrons. The third-order valence-electron chi connectivity index (χ3n) is 1.87. The molecule has 0 unspecified atom stereocenters. The third kappa shape index (κ3) is 5.69. The van der Waals surface area contributed by atoms with Gasteiger partial charge >= 0.3 is 11.9 Å². The number of nitrogens with two attached hydrogens (primary N) is 1. The number of hydrogen-bond acceptors (Lipinski definition) is 4. The molecule has 0 heterocycles. The lowest BCUT2D eigenvalue weighted by atomic mass is 10.1. The van der Waals surface area contributed by atoms with Gasteiger partial charge in [-0.15, -0.1) is 0 Å². The lowest BCUT2D eigenvalue weighted by molar-refractivity contribution is -0.139. The molecule has 0 aliphatic rings. The number of carboxylic acids is 2. The van der Waals surface area contributed by atoms with Gasteiger partial charge in [-0.05, 0) is 19.8 Å².